The Kier molecular flexibility index (Phi) is 3.14. The molecule has 0 aromatic heterocycles. The van der Waals surface area contributed by atoms with E-state index in [1.54, 1.807) is 19.2 Å². The van der Waals surface area contributed by atoms with E-state index >= 15 is 0 Å². The molecule has 1 aliphatic rings. The van der Waals surface area contributed by atoms with Crippen molar-refractivity contribution in [2.45, 2.75) is 6.10 Å². The Hall–Kier alpha value is -1.91. The molecule has 1 aliphatic heterocycles. The zero-order valence-corrected chi connectivity index (χ0v) is 8.84. The number of hydrogen-bond acceptors (Lipinski definition) is 5. The van der Waals surface area contributed by atoms with Crippen molar-refractivity contribution >= 4 is 6.16 Å². The van der Waals surface area contributed by atoms with E-state index in [-0.39, 0.29) is 19.3 Å². The van der Waals surface area contributed by atoms with Gasteiger partial charge in [-0.25, -0.2) is 4.79 Å². The molecule has 5 nitrogen and oxygen atoms in total. The number of methoxy groups -OCH3 is 1. The lowest BCUT2D eigenvalue weighted by Crippen LogP contribution is -2.20. The minimum atomic E-state index is -0.645. The van der Waals surface area contributed by atoms with Crippen molar-refractivity contribution in [1.82, 2.24) is 0 Å². The monoisotopic (exact) mass is 224 g/mol. The molecule has 1 aromatic carbocycles. The molecule has 0 aliphatic carbocycles. The largest absolute Gasteiger partial charge is 0.508 e. The van der Waals surface area contributed by atoms with Gasteiger partial charge in [0, 0.05) is 0 Å². The Labute approximate surface area is 92.9 Å². The third kappa shape index (κ3) is 2.36. The van der Waals surface area contributed by atoms with Gasteiger partial charge in [0.15, 0.2) is 17.6 Å². The average Bonchev–Trinajstić information content (AvgIpc) is 2.73. The van der Waals surface area contributed by atoms with Crippen LogP contribution in [0.15, 0.2) is 24.3 Å². The van der Waals surface area contributed by atoms with Crippen molar-refractivity contribution in [3.8, 4) is 11.5 Å². The van der Waals surface area contributed by atoms with Gasteiger partial charge in [-0.1, -0.05) is 12.1 Å². The third-order valence-corrected chi connectivity index (χ3v) is 2.14. The van der Waals surface area contributed by atoms with Gasteiger partial charge in [0.05, 0.1) is 7.11 Å². The smallest absolute Gasteiger partial charge is 0.493 e. The lowest BCUT2D eigenvalue weighted by Gasteiger charge is -2.11. The predicted molar refractivity (Wildman–Crippen MR) is 54.7 cm³/mol. The van der Waals surface area contributed by atoms with Crippen LogP contribution in [-0.4, -0.2) is 32.6 Å². The molecule has 86 valence electrons. The lowest BCUT2D eigenvalue weighted by atomic mass is 10.3. The Morgan fingerprint density at radius 3 is 2.75 bits per heavy atom. The minimum absolute atomic E-state index is 0.230. The molecule has 0 spiro atoms. The van der Waals surface area contributed by atoms with E-state index in [0.717, 1.165) is 0 Å². The van der Waals surface area contributed by atoms with Crippen molar-refractivity contribution in [2.24, 2.45) is 0 Å². The van der Waals surface area contributed by atoms with Crippen molar-refractivity contribution < 1.29 is 23.7 Å². The van der Waals surface area contributed by atoms with Gasteiger partial charge >= 0.3 is 6.16 Å². The molecule has 1 unspecified atom stereocenters. The fraction of sp³-hybridized carbons (Fsp3) is 0.364. The molecule has 0 radical (unpaired) electrons. The Bertz CT molecular complexity index is 376. The van der Waals surface area contributed by atoms with Gasteiger partial charge in [-0.2, -0.15) is 0 Å². The summed E-state index contributed by atoms with van der Waals surface area (Å²) in [6.45, 7) is 0.486. The Morgan fingerprint density at radius 2 is 2.12 bits per heavy atom. The van der Waals surface area contributed by atoms with E-state index in [1.165, 1.54) is 0 Å². The summed E-state index contributed by atoms with van der Waals surface area (Å²) in [5, 5.41) is 0. The molecule has 1 atom stereocenters. The van der Waals surface area contributed by atoms with E-state index < -0.39 is 6.16 Å². The van der Waals surface area contributed by atoms with Crippen LogP contribution < -0.4 is 9.47 Å². The van der Waals surface area contributed by atoms with Crippen molar-refractivity contribution in [2.75, 3.05) is 20.3 Å². The van der Waals surface area contributed by atoms with Gasteiger partial charge in [0.1, 0.15) is 13.2 Å². The summed E-state index contributed by atoms with van der Waals surface area (Å²) in [5.41, 5.74) is 0. The summed E-state index contributed by atoms with van der Waals surface area (Å²) in [6.07, 6.45) is -0.994. The molecule has 0 amide bonds. The number of benzene rings is 1. The highest BCUT2D eigenvalue weighted by Gasteiger charge is 2.25. The van der Waals surface area contributed by atoms with Gasteiger partial charge in [0.25, 0.3) is 0 Å². The van der Waals surface area contributed by atoms with Crippen LogP contribution in [0.5, 0.6) is 11.5 Å². The van der Waals surface area contributed by atoms with E-state index in [2.05, 4.69) is 4.74 Å². The van der Waals surface area contributed by atoms with Crippen LogP contribution in [0.4, 0.5) is 4.79 Å². The zero-order chi connectivity index (χ0) is 11.4. The maximum Gasteiger partial charge on any atom is 0.508 e. The summed E-state index contributed by atoms with van der Waals surface area (Å²) >= 11 is 0. The molecule has 0 N–H and O–H groups in total. The normalized spacial score (nSPS) is 18.8. The van der Waals surface area contributed by atoms with Crippen LogP contribution in [0.3, 0.4) is 0 Å². The first kappa shape index (κ1) is 10.6. The standard InChI is InChI=1S/C11H12O5/c1-13-9-4-2-3-5-10(9)14-6-8-7-15-11(12)16-8/h2-5,8H,6-7H2,1H3. The summed E-state index contributed by atoms with van der Waals surface area (Å²) in [6, 6.07) is 7.28. The fourth-order valence-corrected chi connectivity index (χ4v) is 1.37. The Balaban J connectivity index is 1.91. The molecule has 1 saturated heterocycles. The van der Waals surface area contributed by atoms with Gasteiger partial charge in [0.2, 0.25) is 0 Å². The first-order valence-electron chi connectivity index (χ1n) is 4.89. The third-order valence-electron chi connectivity index (χ3n) is 2.14. The molecule has 2 rings (SSSR count). The highest BCUT2D eigenvalue weighted by atomic mass is 16.8. The molecule has 1 fully saturated rings. The van der Waals surface area contributed by atoms with Gasteiger partial charge in [-0.3, -0.25) is 0 Å². The van der Waals surface area contributed by atoms with E-state index in [1.807, 2.05) is 12.1 Å². The number of ether oxygens (including phenoxy) is 4. The van der Waals surface area contributed by atoms with E-state index in [0.29, 0.717) is 11.5 Å². The number of carbonyl (C=O) groups is 1. The zero-order valence-electron chi connectivity index (χ0n) is 8.84. The topological polar surface area (TPSA) is 54.0 Å². The molecule has 0 bridgehead atoms. The van der Waals surface area contributed by atoms with Crippen LogP contribution in [0, 0.1) is 0 Å². The predicted octanol–water partition coefficient (Wildman–Crippen LogP) is 1.61. The average molecular weight is 224 g/mol. The van der Waals surface area contributed by atoms with Crippen LogP contribution >= 0.6 is 0 Å². The molecule has 5 heteroatoms. The second-order valence-corrected chi connectivity index (χ2v) is 3.26. The van der Waals surface area contributed by atoms with Gasteiger partial charge in [-0.15, -0.1) is 0 Å². The maximum atomic E-state index is 10.7. The first-order chi connectivity index (χ1) is 7.79. The van der Waals surface area contributed by atoms with E-state index in [4.69, 9.17) is 14.2 Å². The van der Waals surface area contributed by atoms with Crippen molar-refractivity contribution in [1.29, 1.82) is 0 Å². The van der Waals surface area contributed by atoms with Crippen LogP contribution in [0.25, 0.3) is 0 Å². The second kappa shape index (κ2) is 4.74. The molecule has 1 heterocycles. The number of hydrogen-bond donors (Lipinski definition) is 0. The fourth-order valence-electron chi connectivity index (χ4n) is 1.37. The minimum Gasteiger partial charge on any atom is -0.493 e. The molecular formula is C11H12O5. The number of rotatable bonds is 4. The summed E-state index contributed by atoms with van der Waals surface area (Å²) in [5.74, 6) is 1.26. The maximum absolute atomic E-state index is 10.7. The number of para-hydroxylation sites is 2. The second-order valence-electron chi connectivity index (χ2n) is 3.26. The summed E-state index contributed by atoms with van der Waals surface area (Å²) in [4.78, 5) is 10.7. The SMILES string of the molecule is COc1ccccc1OCC1COC(=O)O1. The lowest BCUT2D eigenvalue weighted by molar-refractivity contribution is 0.0975. The quantitative estimate of drug-likeness (QED) is 0.727. The Morgan fingerprint density at radius 1 is 1.38 bits per heavy atom. The molecule has 1 aromatic rings. The van der Waals surface area contributed by atoms with Gasteiger partial charge in [-0.05, 0) is 12.1 Å². The number of cyclic esters (lactones) is 2. The van der Waals surface area contributed by atoms with Crippen molar-refractivity contribution in [3.05, 3.63) is 24.3 Å². The van der Waals surface area contributed by atoms with Crippen LogP contribution in [-0.2, 0) is 9.47 Å². The summed E-state index contributed by atoms with van der Waals surface area (Å²) in [7, 11) is 1.57. The van der Waals surface area contributed by atoms with Crippen molar-refractivity contribution in [3.63, 3.8) is 0 Å². The van der Waals surface area contributed by atoms with Crippen LogP contribution in [0.2, 0.25) is 0 Å². The van der Waals surface area contributed by atoms with E-state index in [9.17, 15) is 4.79 Å². The van der Waals surface area contributed by atoms with Crippen LogP contribution in [0.1, 0.15) is 0 Å². The molecular weight excluding hydrogens is 212 g/mol. The van der Waals surface area contributed by atoms with Gasteiger partial charge < -0.3 is 18.9 Å². The summed E-state index contributed by atoms with van der Waals surface area (Å²) < 4.78 is 20.1. The molecule has 0 saturated carbocycles. The number of carbonyl (C=O) groups excluding carboxylic acids is 1. The molecule has 16 heavy (non-hydrogen) atoms. The highest BCUT2D eigenvalue weighted by Crippen LogP contribution is 2.26. The highest BCUT2D eigenvalue weighted by molar-refractivity contribution is 5.61. The first-order valence-corrected chi connectivity index (χ1v) is 4.89.